The summed E-state index contributed by atoms with van der Waals surface area (Å²) in [6.07, 6.45) is 0. The second kappa shape index (κ2) is 6.01. The van der Waals surface area contributed by atoms with E-state index >= 15 is 0 Å². The van der Waals surface area contributed by atoms with E-state index < -0.39 is 30.0 Å². The zero-order valence-corrected chi connectivity index (χ0v) is 14.2. The molecule has 0 spiro atoms. The molecule has 0 unspecified atom stereocenters. The van der Waals surface area contributed by atoms with Crippen LogP contribution in [0.3, 0.4) is 0 Å². The molecule has 0 fully saturated rings. The van der Waals surface area contributed by atoms with Crippen LogP contribution in [0.2, 0.25) is 0 Å². The number of nitrogens with one attached hydrogen (secondary N) is 1. The lowest BCUT2D eigenvalue weighted by Gasteiger charge is -2.12. The van der Waals surface area contributed by atoms with Crippen LogP contribution in [0.15, 0.2) is 70.5 Å². The highest BCUT2D eigenvalue weighted by molar-refractivity contribution is 7.92. The molecule has 0 bridgehead atoms. The van der Waals surface area contributed by atoms with Gasteiger partial charge in [0.2, 0.25) is 0 Å². The van der Waals surface area contributed by atoms with Crippen molar-refractivity contribution in [3.8, 4) is 5.75 Å². The van der Waals surface area contributed by atoms with Gasteiger partial charge in [-0.3, -0.25) is 4.72 Å². The van der Waals surface area contributed by atoms with Crippen molar-refractivity contribution in [3.63, 3.8) is 0 Å². The van der Waals surface area contributed by atoms with E-state index in [-0.39, 0.29) is 11.4 Å². The minimum Gasteiger partial charge on any atom is -0.507 e. The maximum Gasteiger partial charge on any atom is 0.332 e. The Kier molecular flexibility index (Phi) is 4.13. The number of aromatic hydroxyl groups is 1. The van der Waals surface area contributed by atoms with Crippen molar-refractivity contribution >= 4 is 36.7 Å². The Morgan fingerprint density at radius 1 is 0.840 bits per heavy atom. The number of sulfonamides is 1. The summed E-state index contributed by atoms with van der Waals surface area (Å²) >= 11 is 0. The zero-order valence-electron chi connectivity index (χ0n) is 12.5. The van der Waals surface area contributed by atoms with Gasteiger partial charge in [-0.05, 0) is 35.7 Å². The number of hydrogen-bond acceptors (Lipinski definition) is 5. The van der Waals surface area contributed by atoms with Crippen LogP contribution in [0.1, 0.15) is 0 Å². The van der Waals surface area contributed by atoms with E-state index in [2.05, 4.69) is 4.72 Å². The Morgan fingerprint density at radius 3 is 2.12 bits per heavy atom. The van der Waals surface area contributed by atoms with Gasteiger partial charge in [0.25, 0.3) is 10.0 Å². The number of rotatable bonds is 4. The molecule has 0 aliphatic heterocycles. The third-order valence-electron chi connectivity index (χ3n) is 3.52. The van der Waals surface area contributed by atoms with Gasteiger partial charge in [-0.1, -0.05) is 30.3 Å². The lowest BCUT2D eigenvalue weighted by Crippen LogP contribution is -2.13. The fourth-order valence-corrected chi connectivity index (χ4v) is 4.10. The van der Waals surface area contributed by atoms with Crippen LogP contribution in [0.4, 0.5) is 9.57 Å². The molecule has 3 aromatic carbocycles. The first-order valence-electron chi connectivity index (χ1n) is 6.97. The monoisotopic (exact) mass is 381 g/mol. The molecule has 0 saturated heterocycles. The predicted octanol–water partition coefficient (Wildman–Crippen LogP) is 3.00. The second-order valence-electron chi connectivity index (χ2n) is 5.20. The highest BCUT2D eigenvalue weighted by Gasteiger charge is 2.20. The number of fused-ring (bicyclic) bond motifs is 1. The summed E-state index contributed by atoms with van der Waals surface area (Å²) in [5.74, 6) is -0.115. The number of hydrogen-bond donors (Lipinski definition) is 2. The number of phenolic OH excluding ortho intramolecular Hbond substituents is 1. The van der Waals surface area contributed by atoms with Gasteiger partial charge in [0.15, 0.2) is 0 Å². The Bertz CT molecular complexity index is 1170. The molecule has 3 aromatic rings. The smallest absolute Gasteiger partial charge is 0.332 e. The van der Waals surface area contributed by atoms with Crippen molar-refractivity contribution in [1.82, 2.24) is 0 Å². The lowest BCUT2D eigenvalue weighted by molar-refractivity contribution is 0.482. The molecule has 3 rings (SSSR count). The molecule has 0 amide bonds. The Balaban J connectivity index is 2.10. The zero-order chi connectivity index (χ0) is 18.2. The van der Waals surface area contributed by atoms with Crippen LogP contribution in [-0.4, -0.2) is 21.9 Å². The summed E-state index contributed by atoms with van der Waals surface area (Å²) in [7, 11) is -9.23. The normalized spacial score (nSPS) is 12.2. The van der Waals surface area contributed by atoms with Crippen molar-refractivity contribution in [2.45, 2.75) is 9.79 Å². The van der Waals surface area contributed by atoms with Crippen molar-refractivity contribution in [1.29, 1.82) is 0 Å². The molecule has 0 heterocycles. The van der Waals surface area contributed by atoms with Gasteiger partial charge in [-0.25, -0.2) is 8.42 Å². The fourth-order valence-electron chi connectivity index (χ4n) is 2.40. The van der Waals surface area contributed by atoms with E-state index in [1.807, 2.05) is 0 Å². The van der Waals surface area contributed by atoms with E-state index in [4.69, 9.17) is 0 Å². The standard InChI is InChI=1S/C16H12FNO5S2/c17-24(20,21)12-6-3-7-13(10-12)25(22,23)18-14-8-1-4-11-5-2-9-15(19)16(11)14/h1-10,18-19H. The summed E-state index contributed by atoms with van der Waals surface area (Å²) in [5.41, 5.74) is 0.115. The molecular weight excluding hydrogens is 369 g/mol. The average molecular weight is 381 g/mol. The highest BCUT2D eigenvalue weighted by Crippen LogP contribution is 2.32. The molecule has 25 heavy (non-hydrogen) atoms. The summed E-state index contributed by atoms with van der Waals surface area (Å²) in [6.45, 7) is 0. The van der Waals surface area contributed by atoms with Crippen LogP contribution >= 0.6 is 0 Å². The third kappa shape index (κ3) is 3.42. The summed E-state index contributed by atoms with van der Waals surface area (Å²) in [4.78, 5) is -1.17. The quantitative estimate of drug-likeness (QED) is 0.677. The molecule has 0 atom stereocenters. The lowest BCUT2D eigenvalue weighted by atomic mass is 10.1. The maximum absolute atomic E-state index is 13.1. The Hall–Kier alpha value is -2.65. The van der Waals surface area contributed by atoms with Crippen LogP contribution in [0.5, 0.6) is 5.75 Å². The molecule has 2 N–H and O–H groups in total. The Labute approximate surface area is 143 Å². The predicted molar refractivity (Wildman–Crippen MR) is 91.2 cm³/mol. The molecule has 0 aliphatic carbocycles. The maximum atomic E-state index is 13.1. The molecule has 0 radical (unpaired) electrons. The largest absolute Gasteiger partial charge is 0.507 e. The van der Waals surface area contributed by atoms with Crippen molar-refractivity contribution in [3.05, 3.63) is 60.7 Å². The topological polar surface area (TPSA) is 101 Å². The first-order valence-corrected chi connectivity index (χ1v) is 9.83. The van der Waals surface area contributed by atoms with Crippen LogP contribution < -0.4 is 4.72 Å². The molecule has 0 saturated carbocycles. The van der Waals surface area contributed by atoms with E-state index in [9.17, 15) is 25.8 Å². The van der Waals surface area contributed by atoms with Crippen molar-refractivity contribution in [2.24, 2.45) is 0 Å². The third-order valence-corrected chi connectivity index (χ3v) is 5.70. The average Bonchev–Trinajstić information content (AvgIpc) is 2.54. The number of phenols is 1. The SMILES string of the molecule is O=S(=O)(F)c1cccc(S(=O)(=O)Nc2cccc3cccc(O)c23)c1. The molecule has 0 aromatic heterocycles. The molecule has 9 heteroatoms. The van der Waals surface area contributed by atoms with Gasteiger partial charge in [0.1, 0.15) is 5.75 Å². The molecule has 0 aliphatic rings. The van der Waals surface area contributed by atoms with Gasteiger partial charge < -0.3 is 5.11 Å². The number of halogens is 1. The fraction of sp³-hybridized carbons (Fsp3) is 0. The van der Waals surface area contributed by atoms with Crippen LogP contribution in [0.25, 0.3) is 10.8 Å². The first kappa shape index (κ1) is 17.2. The summed E-state index contributed by atoms with van der Waals surface area (Å²) in [6, 6.07) is 13.4. The minimum atomic E-state index is -5.03. The van der Waals surface area contributed by atoms with Gasteiger partial charge in [-0.15, -0.1) is 3.89 Å². The van der Waals surface area contributed by atoms with E-state index in [1.165, 1.54) is 12.1 Å². The van der Waals surface area contributed by atoms with Crippen molar-refractivity contribution in [2.75, 3.05) is 4.72 Å². The van der Waals surface area contributed by atoms with Crippen LogP contribution in [0, 0.1) is 0 Å². The van der Waals surface area contributed by atoms with E-state index in [0.29, 0.717) is 10.8 Å². The minimum absolute atomic E-state index is 0.115. The number of anilines is 1. The highest BCUT2D eigenvalue weighted by atomic mass is 32.3. The van der Waals surface area contributed by atoms with Crippen molar-refractivity contribution < 1.29 is 25.8 Å². The number of benzene rings is 3. The van der Waals surface area contributed by atoms with E-state index in [1.54, 1.807) is 24.3 Å². The second-order valence-corrected chi connectivity index (χ2v) is 8.23. The van der Waals surface area contributed by atoms with Gasteiger partial charge in [-0.2, -0.15) is 8.42 Å². The van der Waals surface area contributed by atoms with Gasteiger partial charge >= 0.3 is 10.2 Å². The van der Waals surface area contributed by atoms with E-state index in [0.717, 1.165) is 24.3 Å². The summed E-state index contributed by atoms with van der Waals surface area (Å²) < 4.78 is 62.4. The molecule has 130 valence electrons. The molecular formula is C16H12FNO5S2. The first-order chi connectivity index (χ1) is 11.7. The molecule has 6 nitrogen and oxygen atoms in total. The van der Waals surface area contributed by atoms with Gasteiger partial charge in [0, 0.05) is 5.39 Å². The van der Waals surface area contributed by atoms with Crippen LogP contribution in [-0.2, 0) is 20.2 Å². The van der Waals surface area contributed by atoms with Gasteiger partial charge in [0.05, 0.1) is 15.5 Å². The summed E-state index contributed by atoms with van der Waals surface area (Å²) in [5, 5.41) is 10.9. The Morgan fingerprint density at radius 2 is 1.44 bits per heavy atom.